The predicted octanol–water partition coefficient (Wildman–Crippen LogP) is 2.60. The Morgan fingerprint density at radius 3 is 3.08 bits per heavy atom. The van der Waals surface area contributed by atoms with Gasteiger partial charge in [-0.25, -0.2) is 9.78 Å². The van der Waals surface area contributed by atoms with Gasteiger partial charge in [-0.1, -0.05) is 30.3 Å². The van der Waals surface area contributed by atoms with Gasteiger partial charge in [-0.15, -0.1) is 11.3 Å². The number of benzene rings is 1. The summed E-state index contributed by atoms with van der Waals surface area (Å²) in [6.45, 7) is 3.47. The Morgan fingerprint density at radius 2 is 2.29 bits per heavy atom. The van der Waals surface area contributed by atoms with Crippen molar-refractivity contribution in [3.05, 3.63) is 58.6 Å². The standard InChI is InChI=1S/C18H20N2O3S/c21-18(7-6-17-19-8-11-24-17)23-14-16-13-20(9-10-22-16)12-15-4-2-1-3-5-15/h1-8,11,16H,9-10,12-14H2/b7-6-/t16-/m0/s1. The minimum Gasteiger partial charge on any atom is -0.460 e. The number of carbonyl (C=O) groups excluding carboxylic acids is 1. The van der Waals surface area contributed by atoms with Crippen molar-refractivity contribution in [3.8, 4) is 0 Å². The molecule has 0 spiro atoms. The van der Waals surface area contributed by atoms with E-state index < -0.39 is 0 Å². The maximum Gasteiger partial charge on any atom is 0.330 e. The first-order valence-electron chi connectivity index (χ1n) is 7.92. The van der Waals surface area contributed by atoms with Crippen molar-refractivity contribution in [2.24, 2.45) is 0 Å². The SMILES string of the molecule is O=C(/C=C\c1nccs1)OC[C@@H]1CN(Cc2ccccc2)CCO1. The van der Waals surface area contributed by atoms with Crippen LogP contribution in [0.5, 0.6) is 0 Å². The summed E-state index contributed by atoms with van der Waals surface area (Å²) in [5, 5.41) is 2.65. The highest BCUT2D eigenvalue weighted by Gasteiger charge is 2.21. The summed E-state index contributed by atoms with van der Waals surface area (Å²) in [4.78, 5) is 18.2. The quantitative estimate of drug-likeness (QED) is 0.595. The van der Waals surface area contributed by atoms with Crippen molar-refractivity contribution in [1.82, 2.24) is 9.88 Å². The molecular formula is C18H20N2O3S. The smallest absolute Gasteiger partial charge is 0.330 e. The van der Waals surface area contributed by atoms with E-state index in [1.54, 1.807) is 12.3 Å². The van der Waals surface area contributed by atoms with Crippen LogP contribution in [0.3, 0.4) is 0 Å². The van der Waals surface area contributed by atoms with Gasteiger partial charge >= 0.3 is 5.97 Å². The van der Waals surface area contributed by atoms with Crippen molar-refractivity contribution < 1.29 is 14.3 Å². The van der Waals surface area contributed by atoms with Crippen LogP contribution >= 0.6 is 11.3 Å². The Hall–Kier alpha value is -2.02. The number of hydrogen-bond acceptors (Lipinski definition) is 6. The minimum atomic E-state index is -0.367. The summed E-state index contributed by atoms with van der Waals surface area (Å²) >= 11 is 1.48. The zero-order valence-corrected chi connectivity index (χ0v) is 14.2. The molecular weight excluding hydrogens is 324 g/mol. The number of rotatable bonds is 6. The molecule has 2 heterocycles. The van der Waals surface area contributed by atoms with Crippen LogP contribution in [-0.2, 0) is 20.8 Å². The molecule has 1 aromatic carbocycles. The van der Waals surface area contributed by atoms with Crippen molar-refractivity contribution in [2.75, 3.05) is 26.3 Å². The normalized spacial score (nSPS) is 18.8. The number of thiazole rings is 1. The van der Waals surface area contributed by atoms with E-state index in [-0.39, 0.29) is 18.7 Å². The topological polar surface area (TPSA) is 51.7 Å². The van der Waals surface area contributed by atoms with Gasteiger partial charge in [-0.3, -0.25) is 4.90 Å². The fourth-order valence-electron chi connectivity index (χ4n) is 2.55. The number of carbonyl (C=O) groups is 1. The Labute approximate surface area is 145 Å². The summed E-state index contributed by atoms with van der Waals surface area (Å²) in [6.07, 6.45) is 4.69. The molecule has 0 aliphatic carbocycles. The molecule has 3 rings (SSSR count). The second-order valence-electron chi connectivity index (χ2n) is 5.55. The van der Waals surface area contributed by atoms with Crippen LogP contribution in [0.15, 0.2) is 48.0 Å². The highest BCUT2D eigenvalue weighted by atomic mass is 32.1. The molecule has 1 saturated heterocycles. The van der Waals surface area contributed by atoms with Crippen LogP contribution in [-0.4, -0.2) is 48.3 Å². The Balaban J connectivity index is 1.43. The van der Waals surface area contributed by atoms with Crippen molar-refractivity contribution in [2.45, 2.75) is 12.6 Å². The molecule has 0 saturated carbocycles. The van der Waals surface area contributed by atoms with E-state index in [0.29, 0.717) is 6.61 Å². The summed E-state index contributed by atoms with van der Waals surface area (Å²) in [6, 6.07) is 10.3. The molecule has 1 fully saturated rings. The number of hydrogen-bond donors (Lipinski definition) is 0. The highest BCUT2D eigenvalue weighted by molar-refractivity contribution is 7.10. The number of esters is 1. The number of morpholine rings is 1. The average molecular weight is 344 g/mol. The summed E-state index contributed by atoms with van der Waals surface area (Å²) < 4.78 is 11.0. The molecule has 1 atom stereocenters. The van der Waals surface area contributed by atoms with E-state index in [9.17, 15) is 4.79 Å². The lowest BCUT2D eigenvalue weighted by molar-refractivity contribution is -0.144. The first-order chi connectivity index (χ1) is 11.8. The van der Waals surface area contributed by atoms with Gasteiger partial charge < -0.3 is 9.47 Å². The summed E-state index contributed by atoms with van der Waals surface area (Å²) in [5.74, 6) is -0.367. The highest BCUT2D eigenvalue weighted by Crippen LogP contribution is 2.11. The molecule has 24 heavy (non-hydrogen) atoms. The molecule has 6 heteroatoms. The third-order valence-electron chi connectivity index (χ3n) is 3.70. The van der Waals surface area contributed by atoms with E-state index in [0.717, 1.165) is 24.6 Å². The van der Waals surface area contributed by atoms with Crippen LogP contribution < -0.4 is 0 Å². The molecule has 0 bridgehead atoms. The molecule has 1 aliphatic rings. The second-order valence-corrected chi connectivity index (χ2v) is 6.47. The van der Waals surface area contributed by atoms with Gasteiger partial charge in [0.2, 0.25) is 0 Å². The Bertz CT molecular complexity index is 658. The van der Waals surface area contributed by atoms with Gasteiger partial charge in [0.15, 0.2) is 0 Å². The fourth-order valence-corrected chi connectivity index (χ4v) is 3.08. The average Bonchev–Trinajstić information content (AvgIpc) is 3.13. The fraction of sp³-hybridized carbons (Fsp3) is 0.333. The van der Waals surface area contributed by atoms with Gasteiger partial charge in [-0.05, 0) is 11.6 Å². The van der Waals surface area contributed by atoms with Crippen molar-refractivity contribution in [3.63, 3.8) is 0 Å². The lowest BCUT2D eigenvalue weighted by atomic mass is 10.2. The molecule has 126 valence electrons. The van der Waals surface area contributed by atoms with Gasteiger partial charge in [0.05, 0.1) is 6.61 Å². The molecule has 0 amide bonds. The second kappa shape index (κ2) is 8.73. The maximum absolute atomic E-state index is 11.8. The van der Waals surface area contributed by atoms with Crippen LogP contribution in [0.25, 0.3) is 6.08 Å². The zero-order chi connectivity index (χ0) is 16.6. The third kappa shape index (κ3) is 5.26. The summed E-state index contributed by atoms with van der Waals surface area (Å²) in [5.41, 5.74) is 1.28. The molecule has 0 radical (unpaired) electrons. The maximum atomic E-state index is 11.8. The Kier molecular flexibility index (Phi) is 6.12. The van der Waals surface area contributed by atoms with Crippen molar-refractivity contribution in [1.29, 1.82) is 0 Å². The lowest BCUT2D eigenvalue weighted by Crippen LogP contribution is -2.44. The van der Waals surface area contributed by atoms with Crippen molar-refractivity contribution >= 4 is 23.4 Å². The lowest BCUT2D eigenvalue weighted by Gasteiger charge is -2.32. The van der Waals surface area contributed by atoms with Crippen LogP contribution in [0.1, 0.15) is 10.6 Å². The van der Waals surface area contributed by atoms with E-state index in [4.69, 9.17) is 9.47 Å². The monoisotopic (exact) mass is 344 g/mol. The van der Waals surface area contributed by atoms with Gasteiger partial charge in [0.1, 0.15) is 17.7 Å². The molecule has 0 unspecified atom stereocenters. The number of ether oxygens (including phenoxy) is 2. The largest absolute Gasteiger partial charge is 0.460 e. The minimum absolute atomic E-state index is 0.0836. The zero-order valence-electron chi connectivity index (χ0n) is 13.3. The van der Waals surface area contributed by atoms with Gasteiger partial charge in [0.25, 0.3) is 0 Å². The first kappa shape index (κ1) is 16.8. The first-order valence-corrected chi connectivity index (χ1v) is 8.80. The van der Waals surface area contributed by atoms with E-state index >= 15 is 0 Å². The Morgan fingerprint density at radius 1 is 1.42 bits per heavy atom. The molecule has 0 N–H and O–H groups in total. The number of nitrogens with zero attached hydrogens (tertiary/aromatic N) is 2. The molecule has 1 aliphatic heterocycles. The predicted molar refractivity (Wildman–Crippen MR) is 93.6 cm³/mol. The molecule has 5 nitrogen and oxygen atoms in total. The van der Waals surface area contributed by atoms with E-state index in [1.807, 2.05) is 23.6 Å². The molecule has 1 aromatic heterocycles. The van der Waals surface area contributed by atoms with Gasteiger partial charge in [0, 0.05) is 37.3 Å². The third-order valence-corrected chi connectivity index (χ3v) is 4.44. The molecule has 2 aromatic rings. The summed E-state index contributed by atoms with van der Waals surface area (Å²) in [7, 11) is 0. The van der Waals surface area contributed by atoms with Gasteiger partial charge in [-0.2, -0.15) is 0 Å². The van der Waals surface area contributed by atoms with E-state index in [1.165, 1.54) is 23.0 Å². The van der Waals surface area contributed by atoms with E-state index in [2.05, 4.69) is 22.0 Å². The van der Waals surface area contributed by atoms with Crippen LogP contribution in [0, 0.1) is 0 Å². The number of aromatic nitrogens is 1. The van der Waals surface area contributed by atoms with Crippen LogP contribution in [0.2, 0.25) is 0 Å². The van der Waals surface area contributed by atoms with Crippen LogP contribution in [0.4, 0.5) is 0 Å².